The maximum Gasteiger partial charge on any atom is 0.576 e. The van der Waals surface area contributed by atoms with E-state index in [1.807, 2.05) is 0 Å². The van der Waals surface area contributed by atoms with Crippen LogP contribution in [0.1, 0.15) is 0 Å². The molecule has 0 aromatic heterocycles. The molecular weight excluding hydrogens is 319 g/mol. The van der Waals surface area contributed by atoms with Crippen molar-refractivity contribution in [3.8, 4) is 23.0 Å². The lowest BCUT2D eigenvalue weighted by Gasteiger charge is -2.11. The van der Waals surface area contributed by atoms with Crippen LogP contribution in [0.4, 0.5) is 17.6 Å². The SMILES string of the molecule is COc1ccc(OBOc2ccc(OC)c(F)c2F)c(F)c1F. The zero-order valence-electron chi connectivity index (χ0n) is 12.2. The Morgan fingerprint density at radius 2 is 0.913 bits per heavy atom. The average molecular weight is 330 g/mol. The zero-order valence-corrected chi connectivity index (χ0v) is 12.2. The minimum Gasteiger partial charge on any atom is -0.526 e. The molecule has 0 aliphatic heterocycles. The number of rotatable bonds is 6. The van der Waals surface area contributed by atoms with E-state index < -0.39 is 42.5 Å². The topological polar surface area (TPSA) is 36.9 Å². The fraction of sp³-hybridized carbons (Fsp3) is 0.143. The highest BCUT2D eigenvalue weighted by molar-refractivity contribution is 6.20. The molecule has 0 spiro atoms. The summed E-state index contributed by atoms with van der Waals surface area (Å²) >= 11 is 0. The highest BCUT2D eigenvalue weighted by atomic mass is 19.2. The largest absolute Gasteiger partial charge is 0.576 e. The molecule has 2 aromatic carbocycles. The second-order valence-corrected chi connectivity index (χ2v) is 4.19. The van der Waals surface area contributed by atoms with Crippen molar-refractivity contribution >= 4 is 7.69 Å². The first-order valence-electron chi connectivity index (χ1n) is 6.29. The number of ether oxygens (including phenoxy) is 2. The molecule has 0 N–H and O–H groups in total. The number of hydrogen-bond donors (Lipinski definition) is 0. The van der Waals surface area contributed by atoms with Gasteiger partial charge in [-0.3, -0.25) is 0 Å². The van der Waals surface area contributed by atoms with Gasteiger partial charge in [-0.05, 0) is 24.3 Å². The van der Waals surface area contributed by atoms with Gasteiger partial charge >= 0.3 is 7.69 Å². The predicted octanol–water partition coefficient (Wildman–Crippen LogP) is 2.98. The Labute approximate surface area is 129 Å². The van der Waals surface area contributed by atoms with Gasteiger partial charge in [-0.2, -0.15) is 17.6 Å². The van der Waals surface area contributed by atoms with Gasteiger partial charge < -0.3 is 18.8 Å². The molecule has 4 nitrogen and oxygen atoms in total. The average Bonchev–Trinajstić information content (AvgIpc) is 2.55. The standard InChI is InChI=1S/C14H11BF4O4/c1-20-7-3-5-9(13(18)11(7)16)22-15-23-10-6-4-8(21-2)12(17)14(10)19/h3-6,15H,1-2H3. The summed E-state index contributed by atoms with van der Waals surface area (Å²) in [4.78, 5) is 0. The molecule has 0 radical (unpaired) electrons. The van der Waals surface area contributed by atoms with Gasteiger partial charge in [0.2, 0.25) is 23.3 Å². The Morgan fingerprint density at radius 3 is 1.26 bits per heavy atom. The van der Waals surface area contributed by atoms with E-state index in [0.29, 0.717) is 0 Å². The summed E-state index contributed by atoms with van der Waals surface area (Å²) < 4.78 is 73.1. The molecule has 122 valence electrons. The molecule has 2 aromatic rings. The van der Waals surface area contributed by atoms with E-state index in [1.165, 1.54) is 14.2 Å². The molecule has 0 fully saturated rings. The maximum absolute atomic E-state index is 13.6. The number of benzene rings is 2. The molecule has 0 aliphatic rings. The van der Waals surface area contributed by atoms with E-state index in [0.717, 1.165) is 24.3 Å². The zero-order chi connectivity index (χ0) is 17.0. The Hall–Kier alpha value is -2.58. The van der Waals surface area contributed by atoms with Gasteiger partial charge in [0.25, 0.3) is 0 Å². The van der Waals surface area contributed by atoms with Crippen LogP contribution in [0.25, 0.3) is 0 Å². The fourth-order valence-corrected chi connectivity index (χ4v) is 1.72. The lowest BCUT2D eigenvalue weighted by atomic mass is 10.2. The minimum absolute atomic E-state index is 0.293. The number of hydrogen-bond acceptors (Lipinski definition) is 4. The normalized spacial score (nSPS) is 10.2. The highest BCUT2D eigenvalue weighted by Crippen LogP contribution is 2.29. The van der Waals surface area contributed by atoms with Crippen LogP contribution in [0.5, 0.6) is 23.0 Å². The molecular formula is C14H11BF4O4. The van der Waals surface area contributed by atoms with Crippen molar-refractivity contribution in [3.05, 3.63) is 47.5 Å². The van der Waals surface area contributed by atoms with Crippen LogP contribution in [-0.2, 0) is 0 Å². The Kier molecular flexibility index (Phi) is 5.20. The molecule has 2 rings (SSSR count). The summed E-state index contributed by atoms with van der Waals surface area (Å²) in [5.74, 6) is -6.53. The monoisotopic (exact) mass is 330 g/mol. The van der Waals surface area contributed by atoms with E-state index in [-0.39, 0.29) is 11.5 Å². The van der Waals surface area contributed by atoms with Crippen LogP contribution in [0.3, 0.4) is 0 Å². The summed E-state index contributed by atoms with van der Waals surface area (Å²) in [6.07, 6.45) is 0. The van der Waals surface area contributed by atoms with Crippen LogP contribution in [0.2, 0.25) is 0 Å². The first-order chi connectivity index (χ1) is 11.0. The highest BCUT2D eigenvalue weighted by Gasteiger charge is 2.18. The van der Waals surface area contributed by atoms with Crippen LogP contribution >= 0.6 is 0 Å². The Morgan fingerprint density at radius 1 is 0.609 bits per heavy atom. The summed E-state index contributed by atoms with van der Waals surface area (Å²) in [7, 11) is 1.70. The maximum atomic E-state index is 13.6. The van der Waals surface area contributed by atoms with Crippen molar-refractivity contribution in [2.75, 3.05) is 14.2 Å². The van der Waals surface area contributed by atoms with Gasteiger partial charge in [-0.15, -0.1) is 0 Å². The number of methoxy groups -OCH3 is 2. The molecule has 9 heteroatoms. The third kappa shape index (κ3) is 3.44. The van der Waals surface area contributed by atoms with Crippen LogP contribution in [-0.4, -0.2) is 21.9 Å². The lowest BCUT2D eigenvalue weighted by Crippen LogP contribution is -2.13. The molecule has 0 heterocycles. The second kappa shape index (κ2) is 7.12. The molecule has 0 aliphatic carbocycles. The van der Waals surface area contributed by atoms with Crippen molar-refractivity contribution in [1.29, 1.82) is 0 Å². The van der Waals surface area contributed by atoms with Gasteiger partial charge in [0.05, 0.1) is 14.2 Å². The summed E-state index contributed by atoms with van der Waals surface area (Å²) in [6, 6.07) is 4.54. The molecule has 0 bridgehead atoms. The molecule has 23 heavy (non-hydrogen) atoms. The molecule has 0 atom stereocenters. The third-order valence-corrected chi connectivity index (χ3v) is 2.89. The lowest BCUT2D eigenvalue weighted by molar-refractivity contribution is 0.353. The second-order valence-electron chi connectivity index (χ2n) is 4.19. The van der Waals surface area contributed by atoms with E-state index >= 15 is 0 Å². The van der Waals surface area contributed by atoms with E-state index in [2.05, 4.69) is 9.47 Å². The minimum atomic E-state index is -1.28. The van der Waals surface area contributed by atoms with E-state index in [1.54, 1.807) is 0 Å². The Balaban J connectivity index is 2.06. The third-order valence-electron chi connectivity index (χ3n) is 2.89. The molecule has 0 unspecified atom stereocenters. The molecule has 0 saturated heterocycles. The quantitative estimate of drug-likeness (QED) is 0.603. The van der Waals surface area contributed by atoms with Crippen molar-refractivity contribution in [2.45, 2.75) is 0 Å². The molecule has 0 saturated carbocycles. The predicted molar refractivity (Wildman–Crippen MR) is 74.2 cm³/mol. The number of halogens is 4. The molecule has 0 amide bonds. The summed E-state index contributed by atoms with van der Waals surface area (Å²) in [5.41, 5.74) is 0. The van der Waals surface area contributed by atoms with Gasteiger partial charge in [-0.25, -0.2) is 0 Å². The van der Waals surface area contributed by atoms with Crippen molar-refractivity contribution in [2.24, 2.45) is 0 Å². The van der Waals surface area contributed by atoms with Crippen LogP contribution in [0, 0.1) is 23.3 Å². The summed E-state index contributed by atoms with van der Waals surface area (Å²) in [5, 5.41) is 0. The van der Waals surface area contributed by atoms with Gasteiger partial charge in [-0.1, -0.05) is 0 Å². The van der Waals surface area contributed by atoms with Gasteiger partial charge in [0, 0.05) is 0 Å². The van der Waals surface area contributed by atoms with E-state index in [4.69, 9.17) is 9.31 Å². The smallest absolute Gasteiger partial charge is 0.526 e. The van der Waals surface area contributed by atoms with Crippen LogP contribution in [0.15, 0.2) is 24.3 Å². The van der Waals surface area contributed by atoms with E-state index in [9.17, 15) is 17.6 Å². The van der Waals surface area contributed by atoms with Crippen molar-refractivity contribution < 1.29 is 36.3 Å². The Bertz CT molecular complexity index is 652. The van der Waals surface area contributed by atoms with Crippen molar-refractivity contribution in [1.82, 2.24) is 0 Å². The van der Waals surface area contributed by atoms with Crippen LogP contribution < -0.4 is 18.8 Å². The first-order valence-corrected chi connectivity index (χ1v) is 6.29. The fourth-order valence-electron chi connectivity index (χ4n) is 1.72. The summed E-state index contributed by atoms with van der Waals surface area (Å²) in [6.45, 7) is 0. The van der Waals surface area contributed by atoms with Crippen molar-refractivity contribution in [3.63, 3.8) is 0 Å². The first kappa shape index (κ1) is 16.8. The van der Waals surface area contributed by atoms with Gasteiger partial charge in [0.15, 0.2) is 11.5 Å². The van der Waals surface area contributed by atoms with Gasteiger partial charge in [0.1, 0.15) is 11.5 Å².